The van der Waals surface area contributed by atoms with Gasteiger partial charge in [0.2, 0.25) is 5.90 Å². The molecule has 0 fully saturated rings. The first kappa shape index (κ1) is 11.8. The van der Waals surface area contributed by atoms with Crippen molar-refractivity contribution in [3.63, 3.8) is 0 Å². The normalized spacial score (nSPS) is 17.7. The lowest BCUT2D eigenvalue weighted by Gasteiger charge is -2.06. The standard InChI is InChI=1S/C16H15NO2/c1-18-15-10-6-5-9-13(15)16-17-14(11-19-16)12-7-3-2-4-8-12/h2-10,14H,11H2,1H3/t14-/m1/s1. The third kappa shape index (κ3) is 2.32. The molecule has 96 valence electrons. The molecule has 0 bridgehead atoms. The van der Waals surface area contributed by atoms with Crippen LogP contribution in [-0.2, 0) is 4.74 Å². The lowest BCUT2D eigenvalue weighted by molar-refractivity contribution is 0.318. The Kier molecular flexibility index (Phi) is 3.19. The third-order valence-corrected chi connectivity index (χ3v) is 3.17. The van der Waals surface area contributed by atoms with Crippen molar-refractivity contribution in [1.82, 2.24) is 0 Å². The summed E-state index contributed by atoms with van der Waals surface area (Å²) in [5.41, 5.74) is 2.08. The third-order valence-electron chi connectivity index (χ3n) is 3.17. The Balaban J connectivity index is 1.91. The summed E-state index contributed by atoms with van der Waals surface area (Å²) in [5, 5.41) is 0. The number of hydrogen-bond donors (Lipinski definition) is 0. The second kappa shape index (κ2) is 5.14. The van der Waals surface area contributed by atoms with Crippen molar-refractivity contribution in [2.24, 2.45) is 4.99 Å². The lowest BCUT2D eigenvalue weighted by atomic mass is 10.1. The smallest absolute Gasteiger partial charge is 0.220 e. The quantitative estimate of drug-likeness (QED) is 0.841. The highest BCUT2D eigenvalue weighted by Gasteiger charge is 2.23. The molecule has 0 saturated heterocycles. The molecule has 1 aliphatic rings. The Morgan fingerprint density at radius 3 is 2.58 bits per heavy atom. The maximum absolute atomic E-state index is 5.72. The number of aliphatic imine (C=N–C) groups is 1. The molecule has 3 nitrogen and oxygen atoms in total. The van der Waals surface area contributed by atoms with Crippen molar-refractivity contribution in [1.29, 1.82) is 0 Å². The van der Waals surface area contributed by atoms with Crippen LogP contribution in [0.2, 0.25) is 0 Å². The van der Waals surface area contributed by atoms with Crippen molar-refractivity contribution >= 4 is 5.90 Å². The molecule has 0 radical (unpaired) electrons. The molecule has 0 saturated carbocycles. The topological polar surface area (TPSA) is 30.8 Å². The predicted octanol–water partition coefficient (Wildman–Crippen LogP) is 3.21. The van der Waals surface area contributed by atoms with E-state index in [0.717, 1.165) is 11.3 Å². The molecule has 3 rings (SSSR count). The largest absolute Gasteiger partial charge is 0.496 e. The number of para-hydroxylation sites is 1. The van der Waals surface area contributed by atoms with Gasteiger partial charge in [0.1, 0.15) is 18.4 Å². The maximum Gasteiger partial charge on any atom is 0.220 e. The van der Waals surface area contributed by atoms with Crippen LogP contribution < -0.4 is 4.74 Å². The number of hydrogen-bond acceptors (Lipinski definition) is 3. The molecule has 0 N–H and O–H groups in total. The van der Waals surface area contributed by atoms with Crippen molar-refractivity contribution in [2.45, 2.75) is 6.04 Å². The fourth-order valence-corrected chi connectivity index (χ4v) is 2.19. The van der Waals surface area contributed by atoms with Gasteiger partial charge in [-0.15, -0.1) is 0 Å². The van der Waals surface area contributed by atoms with Gasteiger partial charge in [-0.25, -0.2) is 4.99 Å². The van der Waals surface area contributed by atoms with E-state index in [9.17, 15) is 0 Å². The van der Waals surface area contributed by atoms with Crippen LogP contribution >= 0.6 is 0 Å². The zero-order chi connectivity index (χ0) is 13.1. The Morgan fingerprint density at radius 1 is 1.05 bits per heavy atom. The average Bonchev–Trinajstić information content (AvgIpc) is 2.98. The van der Waals surface area contributed by atoms with E-state index < -0.39 is 0 Å². The minimum Gasteiger partial charge on any atom is -0.496 e. The van der Waals surface area contributed by atoms with Gasteiger partial charge in [0.25, 0.3) is 0 Å². The number of benzene rings is 2. The molecule has 1 aliphatic heterocycles. The van der Waals surface area contributed by atoms with Crippen LogP contribution in [0.5, 0.6) is 5.75 Å². The van der Waals surface area contributed by atoms with Crippen LogP contribution in [-0.4, -0.2) is 19.6 Å². The SMILES string of the molecule is COc1ccccc1C1=N[C@@H](c2ccccc2)CO1. The van der Waals surface area contributed by atoms with Crippen LogP contribution in [0.4, 0.5) is 0 Å². The van der Waals surface area contributed by atoms with Crippen molar-refractivity contribution < 1.29 is 9.47 Å². The second-order valence-corrected chi connectivity index (χ2v) is 4.37. The Hall–Kier alpha value is -2.29. The van der Waals surface area contributed by atoms with E-state index in [2.05, 4.69) is 17.1 Å². The molecule has 1 heterocycles. The van der Waals surface area contributed by atoms with Crippen molar-refractivity contribution in [3.05, 3.63) is 65.7 Å². The highest BCUT2D eigenvalue weighted by atomic mass is 16.5. The van der Waals surface area contributed by atoms with Crippen LogP contribution in [0.15, 0.2) is 59.6 Å². The van der Waals surface area contributed by atoms with Crippen LogP contribution in [0.25, 0.3) is 0 Å². The summed E-state index contributed by atoms with van der Waals surface area (Å²) in [6.07, 6.45) is 0. The van der Waals surface area contributed by atoms with E-state index in [1.54, 1.807) is 7.11 Å². The molecule has 2 aromatic rings. The van der Waals surface area contributed by atoms with Crippen LogP contribution in [0.3, 0.4) is 0 Å². The van der Waals surface area contributed by atoms with Gasteiger partial charge in [-0.1, -0.05) is 42.5 Å². The molecule has 1 atom stereocenters. The van der Waals surface area contributed by atoms with E-state index in [1.165, 1.54) is 5.56 Å². The minimum absolute atomic E-state index is 0.0705. The molecule has 0 aromatic heterocycles. The van der Waals surface area contributed by atoms with E-state index >= 15 is 0 Å². The molecule has 0 unspecified atom stereocenters. The monoisotopic (exact) mass is 253 g/mol. The van der Waals surface area contributed by atoms with Gasteiger partial charge in [0, 0.05) is 0 Å². The van der Waals surface area contributed by atoms with Crippen molar-refractivity contribution in [3.8, 4) is 5.75 Å². The van der Waals surface area contributed by atoms with E-state index in [4.69, 9.17) is 9.47 Å². The summed E-state index contributed by atoms with van der Waals surface area (Å²) in [4.78, 5) is 4.65. The van der Waals surface area contributed by atoms with Gasteiger partial charge in [0.15, 0.2) is 0 Å². The van der Waals surface area contributed by atoms with Gasteiger partial charge in [0.05, 0.1) is 12.7 Å². The first-order chi connectivity index (χ1) is 9.38. The van der Waals surface area contributed by atoms with E-state index in [0.29, 0.717) is 12.5 Å². The molecule has 19 heavy (non-hydrogen) atoms. The highest BCUT2D eigenvalue weighted by Crippen LogP contribution is 2.28. The summed E-state index contributed by atoms with van der Waals surface area (Å²) in [7, 11) is 1.66. The first-order valence-corrected chi connectivity index (χ1v) is 6.27. The van der Waals surface area contributed by atoms with E-state index in [-0.39, 0.29) is 6.04 Å². The Labute approximate surface area is 112 Å². The zero-order valence-corrected chi connectivity index (χ0v) is 10.7. The highest BCUT2D eigenvalue weighted by molar-refractivity contribution is 5.97. The number of nitrogens with zero attached hydrogens (tertiary/aromatic N) is 1. The second-order valence-electron chi connectivity index (χ2n) is 4.37. The molecule has 0 aliphatic carbocycles. The average molecular weight is 253 g/mol. The molecule has 0 amide bonds. The summed E-state index contributed by atoms with van der Waals surface area (Å²) in [5.74, 6) is 1.45. The summed E-state index contributed by atoms with van der Waals surface area (Å²) >= 11 is 0. The molecular formula is C16H15NO2. The predicted molar refractivity (Wildman–Crippen MR) is 74.7 cm³/mol. The van der Waals surface area contributed by atoms with Crippen LogP contribution in [0, 0.1) is 0 Å². The number of methoxy groups -OCH3 is 1. The minimum atomic E-state index is 0.0705. The number of rotatable bonds is 3. The van der Waals surface area contributed by atoms with Gasteiger partial charge >= 0.3 is 0 Å². The Bertz CT molecular complexity index is 593. The molecule has 0 spiro atoms. The van der Waals surface area contributed by atoms with Gasteiger partial charge in [-0.2, -0.15) is 0 Å². The lowest BCUT2D eigenvalue weighted by Crippen LogP contribution is -2.03. The first-order valence-electron chi connectivity index (χ1n) is 6.27. The Morgan fingerprint density at radius 2 is 1.79 bits per heavy atom. The van der Waals surface area contributed by atoms with Gasteiger partial charge < -0.3 is 9.47 Å². The zero-order valence-electron chi connectivity index (χ0n) is 10.7. The molecule has 3 heteroatoms. The fraction of sp³-hybridized carbons (Fsp3) is 0.188. The van der Waals surface area contributed by atoms with Gasteiger partial charge in [-0.05, 0) is 17.7 Å². The van der Waals surface area contributed by atoms with Crippen molar-refractivity contribution in [2.75, 3.05) is 13.7 Å². The summed E-state index contributed by atoms with van der Waals surface area (Å²) < 4.78 is 11.1. The number of ether oxygens (including phenoxy) is 2. The fourth-order valence-electron chi connectivity index (χ4n) is 2.19. The van der Waals surface area contributed by atoms with E-state index in [1.807, 2.05) is 42.5 Å². The summed E-state index contributed by atoms with van der Waals surface area (Å²) in [6.45, 7) is 0.581. The van der Waals surface area contributed by atoms with Gasteiger partial charge in [-0.3, -0.25) is 0 Å². The molecule has 2 aromatic carbocycles. The maximum atomic E-state index is 5.72. The van der Waals surface area contributed by atoms with Crippen LogP contribution in [0.1, 0.15) is 17.2 Å². The summed E-state index contributed by atoms with van der Waals surface area (Å²) in [6, 6.07) is 18.0. The molecular weight excluding hydrogens is 238 g/mol.